The highest BCUT2D eigenvalue weighted by molar-refractivity contribution is 8.18. The van der Waals surface area contributed by atoms with E-state index in [1.54, 1.807) is 29.2 Å². The first-order valence-corrected chi connectivity index (χ1v) is 10.1. The van der Waals surface area contributed by atoms with Crippen molar-refractivity contribution < 1.29 is 19.1 Å². The van der Waals surface area contributed by atoms with E-state index in [0.29, 0.717) is 34.5 Å². The minimum Gasteiger partial charge on any atom is -0.494 e. The maximum absolute atomic E-state index is 12.8. The van der Waals surface area contributed by atoms with Crippen LogP contribution in [0, 0.1) is 0 Å². The van der Waals surface area contributed by atoms with Crippen molar-refractivity contribution in [2.24, 2.45) is 4.99 Å². The van der Waals surface area contributed by atoms with Crippen molar-refractivity contribution >= 4 is 40.6 Å². The lowest BCUT2D eigenvalue weighted by Crippen LogP contribution is -2.28. The molecule has 0 radical (unpaired) electrons. The van der Waals surface area contributed by atoms with Crippen molar-refractivity contribution in [3.05, 3.63) is 64.6 Å². The summed E-state index contributed by atoms with van der Waals surface area (Å²) in [6.07, 6.45) is 1.85. The highest BCUT2D eigenvalue weighted by Gasteiger charge is 2.32. The van der Waals surface area contributed by atoms with Crippen LogP contribution < -0.4 is 4.74 Å². The quantitative estimate of drug-likeness (QED) is 0.518. The number of hydrogen-bond acceptors (Lipinski definition) is 6. The Morgan fingerprint density at radius 1 is 1.17 bits per heavy atom. The molecule has 0 N–H and O–H groups in total. The third-order valence-corrected chi connectivity index (χ3v) is 5.19. The Morgan fingerprint density at radius 3 is 2.59 bits per heavy atom. The first-order chi connectivity index (χ1) is 14.0. The smallest absolute Gasteiger partial charge is 0.337 e. The largest absolute Gasteiger partial charge is 0.494 e. The summed E-state index contributed by atoms with van der Waals surface area (Å²) in [5.74, 6) is 0.290. The van der Waals surface area contributed by atoms with E-state index in [-0.39, 0.29) is 5.91 Å². The molecule has 29 heavy (non-hydrogen) atoms. The maximum atomic E-state index is 12.8. The number of carbonyl (C=O) groups excluding carboxylic acids is 2. The van der Waals surface area contributed by atoms with Crippen LogP contribution in [0.15, 0.2) is 58.4 Å². The minimum absolute atomic E-state index is 0.0794. The summed E-state index contributed by atoms with van der Waals surface area (Å²) in [6.45, 7) is 4.94. The molecular weight excluding hydrogens is 388 g/mol. The average molecular weight is 410 g/mol. The van der Waals surface area contributed by atoms with Gasteiger partial charge in [0, 0.05) is 6.54 Å². The molecule has 0 atom stereocenters. The Kier molecular flexibility index (Phi) is 6.72. The first-order valence-electron chi connectivity index (χ1n) is 9.27. The summed E-state index contributed by atoms with van der Waals surface area (Å²) >= 11 is 1.33. The number of benzene rings is 2. The monoisotopic (exact) mass is 410 g/mol. The molecule has 1 heterocycles. The molecule has 1 fully saturated rings. The summed E-state index contributed by atoms with van der Waals surface area (Å²) in [6, 6.07) is 14.4. The Bertz CT molecular complexity index is 967. The van der Waals surface area contributed by atoms with Gasteiger partial charge in [-0.2, -0.15) is 0 Å². The molecule has 0 aliphatic carbocycles. The van der Waals surface area contributed by atoms with Gasteiger partial charge < -0.3 is 9.47 Å². The van der Waals surface area contributed by atoms with Crippen LogP contribution in [-0.4, -0.2) is 42.2 Å². The number of methoxy groups -OCH3 is 1. The van der Waals surface area contributed by atoms with Crippen LogP contribution in [0.4, 0.5) is 5.69 Å². The van der Waals surface area contributed by atoms with Crippen LogP contribution in [0.1, 0.15) is 29.8 Å². The van der Waals surface area contributed by atoms with Crippen LogP contribution in [0.3, 0.4) is 0 Å². The molecule has 0 aromatic heterocycles. The van der Waals surface area contributed by atoms with E-state index >= 15 is 0 Å². The van der Waals surface area contributed by atoms with Gasteiger partial charge in [-0.1, -0.05) is 12.1 Å². The molecule has 150 valence electrons. The number of esters is 1. The predicted octanol–water partition coefficient (Wildman–Crippen LogP) is 4.50. The van der Waals surface area contributed by atoms with Gasteiger partial charge in [-0.25, -0.2) is 9.79 Å². The summed E-state index contributed by atoms with van der Waals surface area (Å²) in [4.78, 5) is 31.2. The Balaban J connectivity index is 1.86. The number of likely N-dealkylation sites (N-methyl/N-ethyl adjacent to an activating group) is 1. The van der Waals surface area contributed by atoms with E-state index < -0.39 is 5.97 Å². The van der Waals surface area contributed by atoms with Gasteiger partial charge in [0.15, 0.2) is 5.17 Å². The zero-order chi connectivity index (χ0) is 20.8. The zero-order valence-corrected chi connectivity index (χ0v) is 17.4. The maximum Gasteiger partial charge on any atom is 0.337 e. The van der Waals surface area contributed by atoms with Crippen LogP contribution in [0.5, 0.6) is 5.75 Å². The number of amides is 1. The summed E-state index contributed by atoms with van der Waals surface area (Å²) in [5, 5.41) is 0.607. The number of amidine groups is 1. The predicted molar refractivity (Wildman–Crippen MR) is 115 cm³/mol. The molecule has 1 amide bonds. The van der Waals surface area contributed by atoms with Crippen LogP contribution >= 0.6 is 11.8 Å². The fourth-order valence-electron chi connectivity index (χ4n) is 2.78. The van der Waals surface area contributed by atoms with Gasteiger partial charge in [-0.05, 0) is 73.6 Å². The summed E-state index contributed by atoms with van der Waals surface area (Å²) in [5.41, 5.74) is 2.01. The molecule has 0 unspecified atom stereocenters. The standard InChI is InChI=1S/C22H22N2O4S/c1-4-24-20(25)19(14-15-7-6-8-18(13-15)28-5-2)29-22(24)23-17-11-9-16(10-12-17)21(26)27-3/h6-14H,4-5H2,1-3H3/b19-14+,23-22?. The number of nitrogens with zero attached hydrogens (tertiary/aromatic N) is 2. The van der Waals surface area contributed by atoms with Gasteiger partial charge in [0.25, 0.3) is 5.91 Å². The second kappa shape index (κ2) is 9.43. The molecule has 1 saturated heterocycles. The molecular formula is C22H22N2O4S. The van der Waals surface area contributed by atoms with Gasteiger partial charge in [-0.15, -0.1) is 0 Å². The molecule has 0 bridgehead atoms. The Hall–Kier alpha value is -3.06. The molecule has 1 aliphatic rings. The topological polar surface area (TPSA) is 68.2 Å². The van der Waals surface area contributed by atoms with Gasteiger partial charge in [0.1, 0.15) is 5.75 Å². The number of carbonyl (C=O) groups is 2. The highest BCUT2D eigenvalue weighted by Crippen LogP contribution is 2.34. The van der Waals surface area contributed by atoms with Gasteiger partial charge in [0.05, 0.1) is 29.9 Å². The Morgan fingerprint density at radius 2 is 1.93 bits per heavy atom. The van der Waals surface area contributed by atoms with Crippen molar-refractivity contribution in [1.29, 1.82) is 0 Å². The third-order valence-electron chi connectivity index (χ3n) is 4.18. The van der Waals surface area contributed by atoms with Crippen LogP contribution in [-0.2, 0) is 9.53 Å². The molecule has 3 rings (SSSR count). The molecule has 7 heteroatoms. The first kappa shape index (κ1) is 20.7. The van der Waals surface area contributed by atoms with Crippen molar-refractivity contribution in [2.45, 2.75) is 13.8 Å². The molecule has 1 aliphatic heterocycles. The highest BCUT2D eigenvalue weighted by atomic mass is 32.2. The number of rotatable bonds is 6. The molecule has 2 aromatic rings. The van der Waals surface area contributed by atoms with E-state index in [1.807, 2.05) is 44.2 Å². The lowest BCUT2D eigenvalue weighted by Gasteiger charge is -2.12. The second-order valence-electron chi connectivity index (χ2n) is 6.10. The third kappa shape index (κ3) is 4.86. The number of thioether (sulfide) groups is 1. The Labute approximate surface area is 174 Å². The lowest BCUT2D eigenvalue weighted by atomic mass is 10.2. The SMILES string of the molecule is CCOc1cccc(/C=C2/SC(=Nc3ccc(C(=O)OC)cc3)N(CC)C2=O)c1. The van der Waals surface area contributed by atoms with E-state index in [2.05, 4.69) is 4.99 Å². The summed E-state index contributed by atoms with van der Waals surface area (Å²) < 4.78 is 10.2. The molecule has 2 aromatic carbocycles. The number of hydrogen-bond donors (Lipinski definition) is 0. The van der Waals surface area contributed by atoms with Crippen LogP contribution in [0.25, 0.3) is 6.08 Å². The van der Waals surface area contributed by atoms with Crippen molar-refractivity contribution in [2.75, 3.05) is 20.3 Å². The van der Waals surface area contributed by atoms with E-state index in [9.17, 15) is 9.59 Å². The van der Waals surface area contributed by atoms with E-state index in [0.717, 1.165) is 11.3 Å². The zero-order valence-electron chi connectivity index (χ0n) is 16.5. The fraction of sp³-hybridized carbons (Fsp3) is 0.227. The number of aliphatic imine (C=N–C) groups is 1. The van der Waals surface area contributed by atoms with Crippen molar-refractivity contribution in [1.82, 2.24) is 4.90 Å². The fourth-order valence-corrected chi connectivity index (χ4v) is 3.85. The summed E-state index contributed by atoms with van der Waals surface area (Å²) in [7, 11) is 1.34. The van der Waals surface area contributed by atoms with Gasteiger partial charge >= 0.3 is 5.97 Å². The average Bonchev–Trinajstić information content (AvgIpc) is 3.02. The molecule has 6 nitrogen and oxygen atoms in total. The normalized spacial score (nSPS) is 16.5. The lowest BCUT2D eigenvalue weighted by molar-refractivity contribution is -0.122. The second-order valence-corrected chi connectivity index (χ2v) is 7.11. The van der Waals surface area contributed by atoms with Gasteiger partial charge in [-0.3, -0.25) is 9.69 Å². The molecule has 0 spiro atoms. The van der Waals surface area contributed by atoms with Crippen molar-refractivity contribution in [3.8, 4) is 5.75 Å². The molecule has 0 saturated carbocycles. The van der Waals surface area contributed by atoms with E-state index in [4.69, 9.17) is 9.47 Å². The van der Waals surface area contributed by atoms with E-state index in [1.165, 1.54) is 18.9 Å². The minimum atomic E-state index is -0.399. The van der Waals surface area contributed by atoms with Crippen LogP contribution in [0.2, 0.25) is 0 Å². The number of ether oxygens (including phenoxy) is 2. The van der Waals surface area contributed by atoms with Gasteiger partial charge in [0.2, 0.25) is 0 Å². The van der Waals surface area contributed by atoms with Crippen molar-refractivity contribution in [3.63, 3.8) is 0 Å².